The number of benzene rings is 2. The van der Waals surface area contributed by atoms with Crippen molar-refractivity contribution >= 4 is 17.4 Å². The normalized spacial score (nSPS) is 17.5. The number of nitrogens with zero attached hydrogens (tertiary/aromatic N) is 2. The summed E-state index contributed by atoms with van der Waals surface area (Å²) < 4.78 is 11.6. The fourth-order valence-corrected chi connectivity index (χ4v) is 3.93. The Bertz CT molecular complexity index is 1060. The van der Waals surface area contributed by atoms with Crippen molar-refractivity contribution in [3.05, 3.63) is 64.7 Å². The molecule has 2 aromatic rings. The van der Waals surface area contributed by atoms with Gasteiger partial charge in [0.05, 0.1) is 24.8 Å². The van der Waals surface area contributed by atoms with Gasteiger partial charge >= 0.3 is 0 Å². The predicted octanol–water partition coefficient (Wildman–Crippen LogP) is 4.17. The molecule has 1 atom stereocenters. The first kappa shape index (κ1) is 25.3. The second-order valence-electron chi connectivity index (χ2n) is 8.65. The van der Waals surface area contributed by atoms with E-state index in [4.69, 9.17) is 9.47 Å². The largest absolute Gasteiger partial charge is 0.507 e. The number of carbonyl (C=O) groups excluding carboxylic acids is 2. The molecule has 1 unspecified atom stereocenters. The molecule has 7 nitrogen and oxygen atoms in total. The van der Waals surface area contributed by atoms with Gasteiger partial charge in [-0.1, -0.05) is 42.8 Å². The van der Waals surface area contributed by atoms with Crippen molar-refractivity contribution in [3.63, 3.8) is 0 Å². The molecular weight excluding hydrogens is 432 g/mol. The SMILES string of the molecule is CCCOc1ccc(C2/C(=C(\O)c3ccc(C)cc3)C(=O)C(=O)N2CCN(C)C)cc1OCC. The molecular formula is C27H34N2O5. The minimum Gasteiger partial charge on any atom is -0.507 e. The maximum Gasteiger partial charge on any atom is 0.295 e. The van der Waals surface area contributed by atoms with Gasteiger partial charge in [-0.05, 0) is 52.1 Å². The molecule has 3 rings (SSSR count). The molecule has 0 bridgehead atoms. The van der Waals surface area contributed by atoms with Crippen molar-refractivity contribution in [3.8, 4) is 11.5 Å². The van der Waals surface area contributed by atoms with E-state index in [1.54, 1.807) is 24.3 Å². The van der Waals surface area contributed by atoms with Gasteiger partial charge in [-0.15, -0.1) is 0 Å². The third kappa shape index (κ3) is 5.42. The number of hydrogen-bond donors (Lipinski definition) is 1. The lowest BCUT2D eigenvalue weighted by Gasteiger charge is -2.27. The summed E-state index contributed by atoms with van der Waals surface area (Å²) in [5.74, 6) is -0.339. The number of likely N-dealkylation sites (N-methyl/N-ethyl adjacent to an activating group) is 1. The Morgan fingerprint density at radius 1 is 1.03 bits per heavy atom. The Kier molecular flexibility index (Phi) is 8.34. The number of aliphatic hydroxyl groups is 1. The summed E-state index contributed by atoms with van der Waals surface area (Å²) >= 11 is 0. The van der Waals surface area contributed by atoms with Crippen molar-refractivity contribution in [2.45, 2.75) is 33.2 Å². The number of carbonyl (C=O) groups is 2. The highest BCUT2D eigenvalue weighted by Gasteiger charge is 2.46. The van der Waals surface area contributed by atoms with Crippen LogP contribution < -0.4 is 9.47 Å². The van der Waals surface area contributed by atoms with Gasteiger partial charge in [0.25, 0.3) is 11.7 Å². The summed E-state index contributed by atoms with van der Waals surface area (Å²) in [5.41, 5.74) is 2.29. The number of Topliss-reactive ketones (excluding diaryl/α,β-unsaturated/α-hetero) is 1. The van der Waals surface area contributed by atoms with Gasteiger partial charge in [-0.3, -0.25) is 9.59 Å². The highest BCUT2D eigenvalue weighted by molar-refractivity contribution is 6.46. The van der Waals surface area contributed by atoms with Crippen LogP contribution in [0, 0.1) is 6.92 Å². The molecule has 7 heteroatoms. The lowest BCUT2D eigenvalue weighted by Crippen LogP contribution is -2.35. The molecule has 34 heavy (non-hydrogen) atoms. The highest BCUT2D eigenvalue weighted by atomic mass is 16.5. The third-order valence-electron chi connectivity index (χ3n) is 5.70. The van der Waals surface area contributed by atoms with Crippen LogP contribution in [0.25, 0.3) is 5.76 Å². The zero-order valence-electron chi connectivity index (χ0n) is 20.6. The van der Waals surface area contributed by atoms with E-state index in [1.807, 2.05) is 58.0 Å². The predicted molar refractivity (Wildman–Crippen MR) is 132 cm³/mol. The number of aliphatic hydroxyl groups excluding tert-OH is 1. The average Bonchev–Trinajstić information content (AvgIpc) is 3.07. The van der Waals surface area contributed by atoms with Crippen LogP contribution in [0.4, 0.5) is 0 Å². The number of aryl methyl sites for hydroxylation is 1. The average molecular weight is 467 g/mol. The zero-order chi connectivity index (χ0) is 24.8. The fourth-order valence-electron chi connectivity index (χ4n) is 3.93. The number of ether oxygens (including phenoxy) is 2. The highest BCUT2D eigenvalue weighted by Crippen LogP contribution is 2.42. The van der Waals surface area contributed by atoms with Crippen LogP contribution in [0.15, 0.2) is 48.0 Å². The Hall–Kier alpha value is -3.32. The zero-order valence-corrected chi connectivity index (χ0v) is 20.6. The van der Waals surface area contributed by atoms with E-state index in [0.29, 0.717) is 48.9 Å². The van der Waals surface area contributed by atoms with Crippen LogP contribution in [0.5, 0.6) is 11.5 Å². The number of hydrogen-bond acceptors (Lipinski definition) is 6. The van der Waals surface area contributed by atoms with Crippen molar-refractivity contribution in [2.24, 2.45) is 0 Å². The topological polar surface area (TPSA) is 79.3 Å². The Morgan fingerprint density at radius 2 is 1.74 bits per heavy atom. The Balaban J connectivity index is 2.15. The molecule has 1 fully saturated rings. The van der Waals surface area contributed by atoms with Gasteiger partial charge in [0.2, 0.25) is 0 Å². The van der Waals surface area contributed by atoms with E-state index in [2.05, 4.69) is 0 Å². The van der Waals surface area contributed by atoms with Crippen LogP contribution in [-0.2, 0) is 9.59 Å². The first-order chi connectivity index (χ1) is 16.3. The lowest BCUT2D eigenvalue weighted by atomic mass is 9.94. The third-order valence-corrected chi connectivity index (χ3v) is 5.70. The molecule has 1 heterocycles. The minimum absolute atomic E-state index is 0.0808. The van der Waals surface area contributed by atoms with Gasteiger partial charge in [0, 0.05) is 18.7 Å². The summed E-state index contributed by atoms with van der Waals surface area (Å²) in [7, 11) is 3.82. The lowest BCUT2D eigenvalue weighted by molar-refractivity contribution is -0.140. The van der Waals surface area contributed by atoms with E-state index in [9.17, 15) is 14.7 Å². The van der Waals surface area contributed by atoms with E-state index in [1.165, 1.54) is 4.90 Å². The summed E-state index contributed by atoms with van der Waals surface area (Å²) in [6, 6.07) is 11.9. The smallest absolute Gasteiger partial charge is 0.295 e. The number of amides is 1. The molecule has 1 saturated heterocycles. The van der Waals surface area contributed by atoms with Crippen LogP contribution in [0.1, 0.15) is 43.0 Å². The van der Waals surface area contributed by atoms with Crippen molar-refractivity contribution < 1.29 is 24.2 Å². The van der Waals surface area contributed by atoms with Gasteiger partial charge in [0.1, 0.15) is 5.76 Å². The number of rotatable bonds is 10. The molecule has 0 radical (unpaired) electrons. The van der Waals surface area contributed by atoms with Crippen LogP contribution >= 0.6 is 0 Å². The monoisotopic (exact) mass is 466 g/mol. The van der Waals surface area contributed by atoms with Crippen LogP contribution in [0.3, 0.4) is 0 Å². The summed E-state index contributed by atoms with van der Waals surface area (Å²) in [5, 5.41) is 11.2. The Morgan fingerprint density at radius 3 is 2.35 bits per heavy atom. The summed E-state index contributed by atoms with van der Waals surface area (Å²) in [4.78, 5) is 29.7. The maximum absolute atomic E-state index is 13.2. The van der Waals surface area contributed by atoms with Gasteiger partial charge in [-0.25, -0.2) is 0 Å². The van der Waals surface area contributed by atoms with Crippen molar-refractivity contribution in [2.75, 3.05) is 40.4 Å². The quantitative estimate of drug-likeness (QED) is 0.322. The minimum atomic E-state index is -0.735. The van der Waals surface area contributed by atoms with Gasteiger partial charge in [0.15, 0.2) is 11.5 Å². The molecule has 182 valence electrons. The summed E-state index contributed by atoms with van der Waals surface area (Å²) in [6.07, 6.45) is 0.856. The first-order valence-electron chi connectivity index (χ1n) is 11.7. The molecule has 0 aromatic heterocycles. The van der Waals surface area contributed by atoms with Gasteiger partial charge < -0.3 is 24.4 Å². The second-order valence-corrected chi connectivity index (χ2v) is 8.65. The molecule has 0 spiro atoms. The molecule has 1 N–H and O–H groups in total. The molecule has 0 aliphatic carbocycles. The van der Waals surface area contributed by atoms with Gasteiger partial charge in [-0.2, -0.15) is 0 Å². The number of likely N-dealkylation sites (tertiary alicyclic amines) is 1. The van der Waals surface area contributed by atoms with Crippen LogP contribution in [-0.4, -0.2) is 67.0 Å². The first-order valence-corrected chi connectivity index (χ1v) is 11.7. The second kappa shape index (κ2) is 11.2. The molecule has 0 saturated carbocycles. The molecule has 2 aromatic carbocycles. The van der Waals surface area contributed by atoms with E-state index < -0.39 is 17.7 Å². The van der Waals surface area contributed by atoms with E-state index in [-0.39, 0.29) is 11.3 Å². The van der Waals surface area contributed by atoms with Crippen molar-refractivity contribution in [1.82, 2.24) is 9.80 Å². The summed E-state index contributed by atoms with van der Waals surface area (Å²) in [6.45, 7) is 7.76. The number of ketones is 1. The fraction of sp³-hybridized carbons (Fsp3) is 0.407. The standard InChI is InChI=1S/C27H34N2O5/c1-6-16-34-21-13-12-20(17-22(21)33-7-2)24-23(25(30)19-10-8-18(3)9-11-19)26(31)27(32)29(24)15-14-28(4)5/h8-13,17,24,30H,6-7,14-16H2,1-5H3/b25-23+. The van der Waals surface area contributed by atoms with E-state index in [0.717, 1.165) is 12.0 Å². The molecule has 1 aliphatic rings. The molecule has 1 aliphatic heterocycles. The maximum atomic E-state index is 13.2. The van der Waals surface area contributed by atoms with Crippen LogP contribution in [0.2, 0.25) is 0 Å². The van der Waals surface area contributed by atoms with Crippen molar-refractivity contribution in [1.29, 1.82) is 0 Å². The Labute approximate surface area is 201 Å². The molecule has 1 amide bonds. The van der Waals surface area contributed by atoms with E-state index >= 15 is 0 Å².